The third-order valence-electron chi connectivity index (χ3n) is 3.58. The van der Waals surface area contributed by atoms with Gasteiger partial charge in [-0.2, -0.15) is 13.2 Å². The van der Waals surface area contributed by atoms with Crippen molar-refractivity contribution in [2.45, 2.75) is 39.0 Å². The van der Waals surface area contributed by atoms with E-state index in [9.17, 15) is 13.2 Å². The van der Waals surface area contributed by atoms with Crippen molar-refractivity contribution in [2.24, 2.45) is 5.92 Å². The molecule has 1 aromatic rings. The Morgan fingerprint density at radius 2 is 1.89 bits per heavy atom. The highest BCUT2D eigenvalue weighted by molar-refractivity contribution is 5.38. The van der Waals surface area contributed by atoms with Crippen LogP contribution in [0.25, 0.3) is 0 Å². The Hall–Kier alpha value is -1.03. The number of hydrogen-bond donors (Lipinski definition) is 0. The van der Waals surface area contributed by atoms with E-state index >= 15 is 0 Å². The highest BCUT2D eigenvalue weighted by atomic mass is 19.4. The quantitative estimate of drug-likeness (QED) is 0.718. The number of halogens is 3. The van der Waals surface area contributed by atoms with Crippen LogP contribution in [0.1, 0.15) is 49.5 Å². The number of alkyl halides is 3. The lowest BCUT2D eigenvalue weighted by atomic mass is 9.82. The standard InChI is InChI=1S/C14H17F3O/c1-8(2)13-7-18-9(3)12-6-10(14(15,16)17)4-5-11(12)13/h4-6,8-9,13H,7H2,1-3H3/t9-,13+/m0/s1. The van der Waals surface area contributed by atoms with E-state index in [0.717, 1.165) is 5.56 Å². The maximum absolute atomic E-state index is 12.7. The molecule has 0 unspecified atom stereocenters. The molecular formula is C14H17F3O. The van der Waals surface area contributed by atoms with Crippen molar-refractivity contribution < 1.29 is 17.9 Å². The van der Waals surface area contributed by atoms with Gasteiger partial charge < -0.3 is 4.74 Å². The normalized spacial score (nSPS) is 24.2. The van der Waals surface area contributed by atoms with Gasteiger partial charge in [-0.15, -0.1) is 0 Å². The lowest BCUT2D eigenvalue weighted by Gasteiger charge is -2.33. The molecule has 0 aromatic heterocycles. The van der Waals surface area contributed by atoms with Crippen LogP contribution in [-0.4, -0.2) is 6.61 Å². The summed E-state index contributed by atoms with van der Waals surface area (Å²) in [5, 5.41) is 0. The topological polar surface area (TPSA) is 9.23 Å². The minimum Gasteiger partial charge on any atom is -0.373 e. The van der Waals surface area contributed by atoms with Crippen LogP contribution in [0.5, 0.6) is 0 Å². The summed E-state index contributed by atoms with van der Waals surface area (Å²) in [4.78, 5) is 0. The first-order chi connectivity index (χ1) is 8.30. The predicted octanol–water partition coefficient (Wildman–Crippen LogP) is 4.54. The first-order valence-electron chi connectivity index (χ1n) is 6.13. The molecule has 0 spiro atoms. The highest BCUT2D eigenvalue weighted by Crippen LogP contribution is 2.40. The van der Waals surface area contributed by atoms with Gasteiger partial charge >= 0.3 is 6.18 Å². The van der Waals surface area contributed by atoms with E-state index < -0.39 is 11.7 Å². The van der Waals surface area contributed by atoms with Crippen molar-refractivity contribution in [3.8, 4) is 0 Å². The van der Waals surface area contributed by atoms with E-state index in [1.807, 2.05) is 0 Å². The molecule has 0 radical (unpaired) electrons. The second-order valence-corrected chi connectivity index (χ2v) is 5.17. The van der Waals surface area contributed by atoms with E-state index in [0.29, 0.717) is 18.1 Å². The van der Waals surface area contributed by atoms with Crippen LogP contribution < -0.4 is 0 Å². The SMILES string of the molecule is CC(C)[C@H]1CO[C@@H](C)c2cc(C(F)(F)F)ccc21. The van der Waals surface area contributed by atoms with E-state index in [2.05, 4.69) is 13.8 Å². The van der Waals surface area contributed by atoms with Crippen molar-refractivity contribution in [3.05, 3.63) is 34.9 Å². The number of fused-ring (bicyclic) bond motifs is 1. The molecule has 0 saturated heterocycles. The van der Waals surface area contributed by atoms with Gasteiger partial charge in [0, 0.05) is 5.92 Å². The Labute approximate surface area is 105 Å². The van der Waals surface area contributed by atoms with Crippen molar-refractivity contribution >= 4 is 0 Å². The van der Waals surface area contributed by atoms with Gasteiger partial charge in [-0.05, 0) is 36.1 Å². The summed E-state index contributed by atoms with van der Waals surface area (Å²) in [6, 6.07) is 4.02. The van der Waals surface area contributed by atoms with Crippen LogP contribution in [0.3, 0.4) is 0 Å². The van der Waals surface area contributed by atoms with Crippen LogP contribution in [-0.2, 0) is 10.9 Å². The fraction of sp³-hybridized carbons (Fsp3) is 0.571. The molecule has 0 N–H and O–H groups in total. The van der Waals surface area contributed by atoms with E-state index in [4.69, 9.17) is 4.74 Å². The third kappa shape index (κ3) is 2.39. The van der Waals surface area contributed by atoms with E-state index in [1.165, 1.54) is 12.1 Å². The molecule has 100 valence electrons. The summed E-state index contributed by atoms with van der Waals surface area (Å²) in [7, 11) is 0. The summed E-state index contributed by atoms with van der Waals surface area (Å²) >= 11 is 0. The summed E-state index contributed by atoms with van der Waals surface area (Å²) in [6.45, 7) is 6.50. The number of rotatable bonds is 1. The molecule has 1 aliphatic heterocycles. The molecule has 0 amide bonds. The van der Waals surface area contributed by atoms with Crippen molar-refractivity contribution in [2.75, 3.05) is 6.61 Å². The van der Waals surface area contributed by atoms with Crippen molar-refractivity contribution in [3.63, 3.8) is 0 Å². The van der Waals surface area contributed by atoms with E-state index in [1.54, 1.807) is 13.0 Å². The first kappa shape index (κ1) is 13.4. The van der Waals surface area contributed by atoms with Crippen LogP contribution in [0.15, 0.2) is 18.2 Å². The minimum absolute atomic E-state index is 0.179. The zero-order valence-corrected chi connectivity index (χ0v) is 10.7. The Bertz CT molecular complexity index is 437. The molecule has 1 heterocycles. The Balaban J connectivity index is 2.47. The zero-order valence-electron chi connectivity index (χ0n) is 10.7. The summed E-state index contributed by atoms with van der Waals surface area (Å²) in [6.07, 6.45) is -4.56. The van der Waals surface area contributed by atoms with Crippen molar-refractivity contribution in [1.82, 2.24) is 0 Å². The number of hydrogen-bond acceptors (Lipinski definition) is 1. The van der Waals surface area contributed by atoms with Crippen LogP contribution in [0.4, 0.5) is 13.2 Å². The van der Waals surface area contributed by atoms with Gasteiger partial charge in [0.05, 0.1) is 18.3 Å². The summed E-state index contributed by atoms with van der Waals surface area (Å²) in [5.74, 6) is 0.534. The molecule has 0 fully saturated rings. The summed E-state index contributed by atoms with van der Waals surface area (Å²) < 4.78 is 43.7. The molecule has 4 heteroatoms. The Kier molecular flexibility index (Phi) is 3.41. The summed E-state index contributed by atoms with van der Waals surface area (Å²) in [5.41, 5.74) is 1.08. The molecule has 0 aliphatic carbocycles. The predicted molar refractivity (Wildman–Crippen MR) is 63.4 cm³/mol. The van der Waals surface area contributed by atoms with Gasteiger partial charge in [0.2, 0.25) is 0 Å². The zero-order chi connectivity index (χ0) is 13.5. The van der Waals surface area contributed by atoms with Crippen molar-refractivity contribution in [1.29, 1.82) is 0 Å². The molecular weight excluding hydrogens is 241 g/mol. The molecule has 0 saturated carbocycles. The maximum Gasteiger partial charge on any atom is 0.416 e. The Morgan fingerprint density at radius 3 is 2.44 bits per heavy atom. The molecule has 0 bridgehead atoms. The Morgan fingerprint density at radius 1 is 1.22 bits per heavy atom. The van der Waals surface area contributed by atoms with Crippen LogP contribution in [0, 0.1) is 5.92 Å². The maximum atomic E-state index is 12.7. The number of ether oxygens (including phenoxy) is 1. The van der Waals surface area contributed by atoms with Gasteiger partial charge in [0.25, 0.3) is 0 Å². The van der Waals surface area contributed by atoms with Crippen LogP contribution in [0.2, 0.25) is 0 Å². The second kappa shape index (κ2) is 4.57. The number of benzene rings is 1. The lowest BCUT2D eigenvalue weighted by Crippen LogP contribution is -2.24. The van der Waals surface area contributed by atoms with Gasteiger partial charge in [-0.3, -0.25) is 0 Å². The molecule has 18 heavy (non-hydrogen) atoms. The fourth-order valence-electron chi connectivity index (χ4n) is 2.42. The fourth-order valence-corrected chi connectivity index (χ4v) is 2.42. The molecule has 1 nitrogen and oxygen atoms in total. The highest BCUT2D eigenvalue weighted by Gasteiger charge is 2.34. The molecule has 1 aromatic carbocycles. The van der Waals surface area contributed by atoms with Gasteiger partial charge in [0.15, 0.2) is 0 Å². The van der Waals surface area contributed by atoms with E-state index in [-0.39, 0.29) is 12.0 Å². The lowest BCUT2D eigenvalue weighted by molar-refractivity contribution is -0.137. The minimum atomic E-state index is -4.29. The molecule has 2 rings (SSSR count). The van der Waals surface area contributed by atoms with Crippen LogP contribution >= 0.6 is 0 Å². The first-order valence-corrected chi connectivity index (χ1v) is 6.13. The van der Waals surface area contributed by atoms with Gasteiger partial charge in [-0.1, -0.05) is 19.9 Å². The van der Waals surface area contributed by atoms with Gasteiger partial charge in [0.1, 0.15) is 0 Å². The monoisotopic (exact) mass is 258 g/mol. The average molecular weight is 258 g/mol. The van der Waals surface area contributed by atoms with Gasteiger partial charge in [-0.25, -0.2) is 0 Å². The molecule has 2 atom stereocenters. The second-order valence-electron chi connectivity index (χ2n) is 5.17. The smallest absolute Gasteiger partial charge is 0.373 e. The average Bonchev–Trinajstić information content (AvgIpc) is 2.27. The molecule has 1 aliphatic rings. The largest absolute Gasteiger partial charge is 0.416 e. The third-order valence-corrected chi connectivity index (χ3v) is 3.58.